The monoisotopic (exact) mass is 300 g/mol. The first-order chi connectivity index (χ1) is 10.3. The van der Waals surface area contributed by atoms with E-state index in [9.17, 15) is 4.79 Å². The van der Waals surface area contributed by atoms with Crippen LogP contribution in [0.2, 0.25) is 0 Å². The smallest absolute Gasteiger partial charge is 0.266 e. The summed E-state index contributed by atoms with van der Waals surface area (Å²) < 4.78 is 5.21. The lowest BCUT2D eigenvalue weighted by Gasteiger charge is -2.05. The number of thiophene rings is 1. The van der Waals surface area contributed by atoms with Crippen LogP contribution in [0.25, 0.3) is 0 Å². The van der Waals surface area contributed by atoms with E-state index in [1.165, 1.54) is 11.3 Å². The molecule has 1 amide bonds. The molecule has 3 heterocycles. The number of rotatable bonds is 5. The molecule has 0 saturated carbocycles. The van der Waals surface area contributed by atoms with Crippen molar-refractivity contribution in [2.24, 2.45) is 0 Å². The maximum Gasteiger partial charge on any atom is 0.266 e. The van der Waals surface area contributed by atoms with Crippen LogP contribution in [0.1, 0.15) is 15.4 Å². The highest BCUT2D eigenvalue weighted by Gasteiger charge is 2.08. The summed E-state index contributed by atoms with van der Waals surface area (Å²) in [5.74, 6) is 1.65. The fraction of sp³-hybridized carbons (Fsp3) is 0.0714. The number of amides is 1. The van der Waals surface area contributed by atoms with Crippen molar-refractivity contribution in [2.45, 2.75) is 6.54 Å². The highest BCUT2D eigenvalue weighted by molar-refractivity contribution is 7.12. The third-order valence-electron chi connectivity index (χ3n) is 2.67. The van der Waals surface area contributed by atoms with Gasteiger partial charge >= 0.3 is 0 Å². The average Bonchev–Trinajstić information content (AvgIpc) is 3.20. The molecule has 0 radical (unpaired) electrons. The molecule has 2 N–H and O–H groups in total. The van der Waals surface area contributed by atoms with Gasteiger partial charge in [0.2, 0.25) is 0 Å². The Hall–Kier alpha value is -2.67. The van der Waals surface area contributed by atoms with Crippen LogP contribution >= 0.6 is 11.3 Å². The summed E-state index contributed by atoms with van der Waals surface area (Å²) in [6.07, 6.45) is 1.62. The van der Waals surface area contributed by atoms with E-state index in [4.69, 9.17) is 4.42 Å². The minimum absolute atomic E-state index is 0.185. The molecule has 0 aromatic carbocycles. The van der Waals surface area contributed by atoms with Gasteiger partial charge in [-0.05, 0) is 35.7 Å². The summed E-state index contributed by atoms with van der Waals surface area (Å²) in [6, 6.07) is 10.7. The Labute approximate surface area is 124 Å². The molecule has 0 aliphatic carbocycles. The number of carbonyl (C=O) groups is 1. The third-order valence-corrected chi connectivity index (χ3v) is 3.54. The van der Waals surface area contributed by atoms with Crippen LogP contribution in [-0.4, -0.2) is 16.1 Å². The Kier molecular flexibility index (Phi) is 3.92. The normalized spacial score (nSPS) is 10.3. The van der Waals surface area contributed by atoms with Crippen LogP contribution in [0, 0.1) is 0 Å². The summed E-state index contributed by atoms with van der Waals surface area (Å²) >= 11 is 1.38. The van der Waals surface area contributed by atoms with Crippen LogP contribution in [-0.2, 0) is 6.54 Å². The number of aromatic nitrogens is 2. The molecule has 7 heteroatoms. The quantitative estimate of drug-likeness (QED) is 0.757. The minimum atomic E-state index is -0.185. The van der Waals surface area contributed by atoms with Gasteiger partial charge in [0, 0.05) is 0 Å². The van der Waals surface area contributed by atoms with Crippen molar-refractivity contribution in [3.8, 4) is 0 Å². The van der Waals surface area contributed by atoms with Crippen molar-refractivity contribution in [3.63, 3.8) is 0 Å². The van der Waals surface area contributed by atoms with E-state index >= 15 is 0 Å². The zero-order valence-corrected chi connectivity index (χ0v) is 11.8. The number of carbonyl (C=O) groups excluding carboxylic acids is 1. The van der Waals surface area contributed by atoms with Gasteiger partial charge in [-0.15, -0.1) is 21.5 Å². The molecule has 0 bridgehead atoms. The largest absolute Gasteiger partial charge is 0.467 e. The highest BCUT2D eigenvalue weighted by Crippen LogP contribution is 2.12. The highest BCUT2D eigenvalue weighted by atomic mass is 32.1. The Bertz CT molecular complexity index is 693. The van der Waals surface area contributed by atoms with Crippen molar-refractivity contribution in [2.75, 3.05) is 10.6 Å². The van der Waals surface area contributed by atoms with Gasteiger partial charge in [0.25, 0.3) is 5.91 Å². The predicted octanol–water partition coefficient (Wildman–Crippen LogP) is 3.00. The van der Waals surface area contributed by atoms with Gasteiger partial charge in [-0.2, -0.15) is 0 Å². The van der Waals surface area contributed by atoms with E-state index in [-0.39, 0.29) is 5.91 Å². The van der Waals surface area contributed by atoms with Gasteiger partial charge < -0.3 is 15.1 Å². The van der Waals surface area contributed by atoms with Gasteiger partial charge in [-0.3, -0.25) is 4.79 Å². The van der Waals surface area contributed by atoms with Crippen LogP contribution in [0.3, 0.4) is 0 Å². The second kappa shape index (κ2) is 6.19. The third kappa shape index (κ3) is 3.46. The second-order valence-corrected chi connectivity index (χ2v) is 5.12. The average molecular weight is 300 g/mol. The van der Waals surface area contributed by atoms with Crippen molar-refractivity contribution < 1.29 is 9.21 Å². The molecule has 0 atom stereocenters. The number of nitrogens with one attached hydrogen (secondary N) is 2. The first-order valence-electron chi connectivity index (χ1n) is 6.26. The van der Waals surface area contributed by atoms with Crippen LogP contribution in [0.15, 0.2) is 52.5 Å². The topological polar surface area (TPSA) is 80.0 Å². The van der Waals surface area contributed by atoms with E-state index in [1.54, 1.807) is 24.5 Å². The molecular weight excluding hydrogens is 288 g/mol. The number of nitrogens with zero attached hydrogens (tertiary/aromatic N) is 2. The van der Waals surface area contributed by atoms with Gasteiger partial charge in [0.05, 0.1) is 17.7 Å². The number of hydrogen-bond donors (Lipinski definition) is 2. The number of furan rings is 1. The first-order valence-corrected chi connectivity index (χ1v) is 7.14. The van der Waals surface area contributed by atoms with Crippen LogP contribution in [0.5, 0.6) is 0 Å². The Morgan fingerprint density at radius 3 is 2.67 bits per heavy atom. The van der Waals surface area contributed by atoms with Gasteiger partial charge in [-0.1, -0.05) is 6.07 Å². The summed E-state index contributed by atoms with van der Waals surface area (Å²) in [5.41, 5.74) is 0. The van der Waals surface area contributed by atoms with E-state index in [1.807, 2.05) is 23.6 Å². The Balaban J connectivity index is 1.57. The summed E-state index contributed by atoms with van der Waals surface area (Å²) in [6.45, 7) is 0.530. The van der Waals surface area contributed by atoms with Crippen LogP contribution in [0.4, 0.5) is 11.6 Å². The maximum absolute atomic E-state index is 11.8. The molecule has 0 saturated heterocycles. The lowest BCUT2D eigenvalue weighted by molar-refractivity contribution is 0.103. The fourth-order valence-electron chi connectivity index (χ4n) is 1.67. The molecule has 0 fully saturated rings. The lowest BCUT2D eigenvalue weighted by atomic mass is 10.4. The predicted molar refractivity (Wildman–Crippen MR) is 80.3 cm³/mol. The van der Waals surface area contributed by atoms with Gasteiger partial charge in [0.15, 0.2) is 5.82 Å². The fourth-order valence-corrected chi connectivity index (χ4v) is 2.29. The van der Waals surface area contributed by atoms with Crippen molar-refractivity contribution >= 4 is 28.9 Å². The molecule has 0 aliphatic rings. The van der Waals surface area contributed by atoms with Crippen LogP contribution < -0.4 is 10.6 Å². The molecule has 3 rings (SSSR count). The molecule has 21 heavy (non-hydrogen) atoms. The molecule has 3 aromatic heterocycles. The van der Waals surface area contributed by atoms with Gasteiger partial charge in [-0.25, -0.2) is 0 Å². The molecule has 106 valence electrons. The van der Waals surface area contributed by atoms with E-state index < -0.39 is 0 Å². The second-order valence-electron chi connectivity index (χ2n) is 4.17. The van der Waals surface area contributed by atoms with Crippen molar-refractivity contribution in [1.29, 1.82) is 0 Å². The number of anilines is 2. The van der Waals surface area contributed by atoms with Gasteiger partial charge in [0.1, 0.15) is 11.6 Å². The first kappa shape index (κ1) is 13.3. The molecule has 0 aliphatic heterocycles. The Morgan fingerprint density at radius 1 is 1.14 bits per heavy atom. The summed E-state index contributed by atoms with van der Waals surface area (Å²) in [5, 5.41) is 15.6. The molecule has 0 spiro atoms. The Morgan fingerprint density at radius 2 is 2.00 bits per heavy atom. The molecule has 6 nitrogen and oxygen atoms in total. The van der Waals surface area contributed by atoms with Crippen molar-refractivity contribution in [1.82, 2.24) is 10.2 Å². The minimum Gasteiger partial charge on any atom is -0.467 e. The zero-order valence-electron chi connectivity index (χ0n) is 10.9. The maximum atomic E-state index is 11.8. The lowest BCUT2D eigenvalue weighted by Crippen LogP contribution is -2.12. The summed E-state index contributed by atoms with van der Waals surface area (Å²) in [7, 11) is 0. The molecule has 0 unspecified atom stereocenters. The molecular formula is C14H12N4O2S. The van der Waals surface area contributed by atoms with Crippen molar-refractivity contribution in [3.05, 3.63) is 58.7 Å². The number of hydrogen-bond acceptors (Lipinski definition) is 6. The standard InChI is InChI=1S/C14H12N4O2S/c19-14(11-4-2-8-21-11)16-13-6-5-12(17-18-13)15-9-10-3-1-7-20-10/h1-8H,9H2,(H,15,17)(H,16,18,19). The van der Waals surface area contributed by atoms with E-state index in [0.717, 1.165) is 5.76 Å². The zero-order chi connectivity index (χ0) is 14.5. The SMILES string of the molecule is O=C(Nc1ccc(NCc2ccco2)nn1)c1cccs1. The van der Waals surface area contributed by atoms with E-state index in [2.05, 4.69) is 20.8 Å². The molecule has 3 aromatic rings. The van der Waals surface area contributed by atoms with E-state index in [0.29, 0.717) is 23.1 Å². The summed E-state index contributed by atoms with van der Waals surface area (Å²) in [4.78, 5) is 12.5.